The molecule has 4 bridgehead atoms. The predicted octanol–water partition coefficient (Wildman–Crippen LogP) is -6.26. The van der Waals surface area contributed by atoms with E-state index in [1.54, 1.807) is 6.92 Å². The molecule has 7 rings (SSSR count). The van der Waals surface area contributed by atoms with Crippen LogP contribution in [0.15, 0.2) is 0 Å². The molecule has 218 valence electrons. The maximum absolute atomic E-state index is 12.5. The van der Waals surface area contributed by atoms with E-state index in [0.29, 0.717) is 18.9 Å². The molecule has 0 aromatic heterocycles. The SMILES string of the molecule is C[C@H]1CC[C@@H]2[NH+](CC3C([C@@H](O)[C@H](O)[C@]4(O)C3C[C@@]35O[C@@]6(O)C(C(O)C(O)C43)[C@]5(C)CC[C@@H]6O)C2(C)O)C1.[Cl-]. The lowest BCUT2D eigenvalue weighted by molar-refractivity contribution is -0.954. The molecule has 7 fully saturated rings. The maximum atomic E-state index is 12.5. The summed E-state index contributed by atoms with van der Waals surface area (Å²) in [7, 11) is 0. The average molecular weight is 562 g/mol. The zero-order valence-corrected chi connectivity index (χ0v) is 23.0. The Kier molecular flexibility index (Phi) is 5.93. The highest BCUT2D eigenvalue weighted by Gasteiger charge is 2.88. The van der Waals surface area contributed by atoms with Gasteiger partial charge in [0.05, 0.1) is 42.9 Å². The second-order valence-corrected chi connectivity index (χ2v) is 14.5. The highest BCUT2D eigenvalue weighted by atomic mass is 35.5. The van der Waals surface area contributed by atoms with E-state index >= 15 is 0 Å². The largest absolute Gasteiger partial charge is 1.00 e. The Morgan fingerprint density at radius 1 is 0.842 bits per heavy atom. The Balaban J connectivity index is 0.00000264. The van der Waals surface area contributed by atoms with Crippen LogP contribution in [0.3, 0.4) is 0 Å². The van der Waals surface area contributed by atoms with E-state index < -0.39 is 82.2 Å². The van der Waals surface area contributed by atoms with Crippen molar-refractivity contribution in [3.05, 3.63) is 0 Å². The van der Waals surface area contributed by atoms with Crippen LogP contribution in [0.2, 0.25) is 0 Å². The topological polar surface area (TPSA) is 176 Å². The molecule has 0 aromatic carbocycles. The van der Waals surface area contributed by atoms with Gasteiger partial charge in [0.15, 0.2) is 5.79 Å². The van der Waals surface area contributed by atoms with Crippen molar-refractivity contribution in [2.75, 3.05) is 13.1 Å². The van der Waals surface area contributed by atoms with Crippen LogP contribution in [-0.4, -0.2) is 113 Å². The van der Waals surface area contributed by atoms with Gasteiger partial charge in [0.1, 0.15) is 29.5 Å². The molecule has 18 atom stereocenters. The molecule has 0 aromatic rings. The first kappa shape index (κ1) is 28.0. The number of fused-ring (bicyclic) bond motifs is 5. The van der Waals surface area contributed by atoms with E-state index in [9.17, 15) is 40.9 Å². The molecule has 38 heavy (non-hydrogen) atoms. The Morgan fingerprint density at radius 3 is 2.18 bits per heavy atom. The number of nitrogens with one attached hydrogen (secondary N) is 1. The van der Waals surface area contributed by atoms with E-state index in [-0.39, 0.29) is 37.2 Å². The van der Waals surface area contributed by atoms with Gasteiger partial charge in [-0.15, -0.1) is 0 Å². The van der Waals surface area contributed by atoms with Crippen LogP contribution >= 0.6 is 0 Å². The number of ether oxygens (including phenoxy) is 1. The number of hydrogen-bond donors (Lipinski definition) is 9. The number of aliphatic hydroxyl groups excluding tert-OH is 5. The molecule has 0 radical (unpaired) electrons. The highest BCUT2D eigenvalue weighted by Crippen LogP contribution is 2.76. The molecule has 9 unspecified atom stereocenters. The van der Waals surface area contributed by atoms with Gasteiger partial charge in [-0.05, 0) is 32.6 Å². The minimum atomic E-state index is -2.09. The highest BCUT2D eigenvalue weighted by molar-refractivity contribution is 5.34. The zero-order valence-electron chi connectivity index (χ0n) is 22.2. The maximum Gasteiger partial charge on any atom is 0.198 e. The Bertz CT molecular complexity index is 1000. The van der Waals surface area contributed by atoms with Crippen molar-refractivity contribution >= 4 is 0 Å². The molecular formula is C27H44ClNO9. The van der Waals surface area contributed by atoms with Crippen LogP contribution in [-0.2, 0) is 4.74 Å². The van der Waals surface area contributed by atoms with Crippen LogP contribution in [0.25, 0.3) is 0 Å². The number of aliphatic hydroxyl groups is 8. The van der Waals surface area contributed by atoms with Gasteiger partial charge in [0.25, 0.3) is 0 Å². The lowest BCUT2D eigenvalue weighted by Crippen LogP contribution is -3.22. The zero-order chi connectivity index (χ0) is 26.7. The van der Waals surface area contributed by atoms with Crippen LogP contribution in [0, 0.1) is 40.9 Å². The second kappa shape index (κ2) is 8.04. The third-order valence-electron chi connectivity index (χ3n) is 13.1. The first-order valence-corrected chi connectivity index (χ1v) is 14.3. The van der Waals surface area contributed by atoms with Crippen molar-refractivity contribution in [2.24, 2.45) is 40.9 Å². The summed E-state index contributed by atoms with van der Waals surface area (Å²) in [5, 5.41) is 92.9. The third kappa shape index (κ3) is 2.80. The van der Waals surface area contributed by atoms with Gasteiger partial charge in [-0.1, -0.05) is 13.8 Å². The average Bonchev–Trinajstić information content (AvgIpc) is 3.13. The van der Waals surface area contributed by atoms with Gasteiger partial charge in [-0.2, -0.15) is 0 Å². The Labute approximate surface area is 229 Å². The normalized spacial score (nSPS) is 68.1. The van der Waals surface area contributed by atoms with Gasteiger partial charge >= 0.3 is 0 Å². The molecule has 10 nitrogen and oxygen atoms in total. The molecule has 11 heteroatoms. The molecule has 9 N–H and O–H groups in total. The molecule has 3 heterocycles. The van der Waals surface area contributed by atoms with Gasteiger partial charge in [-0.25, -0.2) is 0 Å². The Morgan fingerprint density at radius 2 is 1.50 bits per heavy atom. The lowest BCUT2D eigenvalue weighted by atomic mass is 9.48. The smallest absolute Gasteiger partial charge is 0.198 e. The number of piperidine rings is 2. The molecular weight excluding hydrogens is 518 g/mol. The number of rotatable bonds is 0. The van der Waals surface area contributed by atoms with Crippen molar-refractivity contribution in [3.8, 4) is 0 Å². The molecule has 3 saturated heterocycles. The minimum absolute atomic E-state index is 0. The summed E-state index contributed by atoms with van der Waals surface area (Å²) in [4.78, 5) is 1.23. The van der Waals surface area contributed by atoms with Crippen molar-refractivity contribution in [2.45, 2.75) is 112 Å². The summed E-state index contributed by atoms with van der Waals surface area (Å²) in [6.45, 7) is 7.29. The van der Waals surface area contributed by atoms with Crippen molar-refractivity contribution in [3.63, 3.8) is 0 Å². The van der Waals surface area contributed by atoms with Gasteiger partial charge < -0.3 is 62.9 Å². The lowest BCUT2D eigenvalue weighted by Gasteiger charge is -2.62. The van der Waals surface area contributed by atoms with Crippen LogP contribution in [0.1, 0.15) is 52.9 Å². The summed E-state index contributed by atoms with van der Waals surface area (Å²) < 4.78 is 6.42. The first-order chi connectivity index (χ1) is 17.2. The van der Waals surface area contributed by atoms with Crippen molar-refractivity contribution < 1.29 is 62.9 Å². The van der Waals surface area contributed by atoms with E-state index in [2.05, 4.69) is 6.92 Å². The number of hydrogen-bond acceptors (Lipinski definition) is 9. The summed E-state index contributed by atoms with van der Waals surface area (Å²) in [6, 6.07) is -0.0908. The molecule has 3 aliphatic heterocycles. The minimum Gasteiger partial charge on any atom is -1.00 e. The second-order valence-electron chi connectivity index (χ2n) is 14.5. The van der Waals surface area contributed by atoms with Gasteiger partial charge in [0, 0.05) is 41.4 Å². The molecule has 4 saturated carbocycles. The summed E-state index contributed by atoms with van der Waals surface area (Å²) >= 11 is 0. The molecule has 1 spiro atoms. The predicted molar refractivity (Wildman–Crippen MR) is 127 cm³/mol. The van der Waals surface area contributed by atoms with Crippen molar-refractivity contribution in [1.29, 1.82) is 0 Å². The fourth-order valence-electron chi connectivity index (χ4n) is 11.7. The first-order valence-electron chi connectivity index (χ1n) is 14.3. The summed E-state index contributed by atoms with van der Waals surface area (Å²) in [5.41, 5.74) is -5.51. The van der Waals surface area contributed by atoms with E-state index in [1.165, 1.54) is 4.90 Å². The number of quaternary nitrogens is 1. The third-order valence-corrected chi connectivity index (χ3v) is 13.1. The van der Waals surface area contributed by atoms with E-state index in [4.69, 9.17) is 4.74 Å². The van der Waals surface area contributed by atoms with E-state index in [0.717, 1.165) is 19.4 Å². The van der Waals surface area contributed by atoms with Crippen LogP contribution in [0.4, 0.5) is 0 Å². The molecule has 7 aliphatic rings. The quantitative estimate of drug-likeness (QED) is 0.139. The van der Waals surface area contributed by atoms with Crippen LogP contribution < -0.4 is 17.3 Å². The van der Waals surface area contributed by atoms with Crippen LogP contribution in [0.5, 0.6) is 0 Å². The summed E-state index contributed by atoms with van der Waals surface area (Å²) in [6.07, 6.45) is -4.79. The van der Waals surface area contributed by atoms with Gasteiger partial charge in [0.2, 0.25) is 0 Å². The molecule has 4 aliphatic carbocycles. The summed E-state index contributed by atoms with van der Waals surface area (Å²) in [5.74, 6) is -5.50. The fraction of sp³-hybridized carbons (Fsp3) is 1.00. The fourth-order valence-corrected chi connectivity index (χ4v) is 11.7. The molecule has 0 amide bonds. The Hall–Kier alpha value is -0.110. The monoisotopic (exact) mass is 561 g/mol. The van der Waals surface area contributed by atoms with E-state index in [1.807, 2.05) is 6.92 Å². The standard InChI is InChI=1S/C27H43NO9.ClH/c1-11-4-5-14-24(3,34)16-12(10-28(14)9-11)13-8-25-21(26(13,35)22(33)17(16)30)19(32)18(31)20-23(25,2)7-6-15(29)27(20,36)37-25;/h11-22,29-36H,4-10H2,1-3H3;1H/t11-,12?,13?,14-,15-,16?,17+,18?,19?,20?,21?,22-,23-,24?,25+,26-,27+;/m0./s1. The van der Waals surface area contributed by atoms with Crippen molar-refractivity contribution in [1.82, 2.24) is 0 Å². The van der Waals surface area contributed by atoms with Gasteiger partial charge in [-0.3, -0.25) is 0 Å². The number of halogens is 1.